The van der Waals surface area contributed by atoms with Gasteiger partial charge in [-0.2, -0.15) is 0 Å². The van der Waals surface area contributed by atoms with Crippen molar-refractivity contribution < 1.29 is 9.32 Å². The molecule has 2 heterocycles. The van der Waals surface area contributed by atoms with E-state index in [0.29, 0.717) is 24.2 Å². The monoisotopic (exact) mass is 280 g/mol. The Kier molecular flexibility index (Phi) is 5.55. The van der Waals surface area contributed by atoms with Gasteiger partial charge in [-0.3, -0.25) is 9.69 Å². The van der Waals surface area contributed by atoms with Crippen molar-refractivity contribution in [1.29, 1.82) is 0 Å². The first kappa shape index (κ1) is 15.0. The number of piperidine rings is 1. The summed E-state index contributed by atoms with van der Waals surface area (Å²) in [6.45, 7) is 7.40. The number of rotatable bonds is 6. The van der Waals surface area contributed by atoms with Gasteiger partial charge < -0.3 is 15.2 Å². The van der Waals surface area contributed by atoms with Gasteiger partial charge in [-0.25, -0.2) is 0 Å². The molecule has 1 saturated heterocycles. The highest BCUT2D eigenvalue weighted by atomic mass is 16.5. The molecule has 1 aromatic rings. The Morgan fingerprint density at radius 1 is 1.55 bits per heavy atom. The standard InChI is InChI=1S/C14H24N4O2/c1-3-8-18(12-4-6-15-7-5-12)10-14(19)16-13-9-11(2)20-17-13/h9,12,15H,3-8,10H2,1-2H3,(H,16,17,19). The first-order chi connectivity index (χ1) is 9.69. The summed E-state index contributed by atoms with van der Waals surface area (Å²) in [5.74, 6) is 1.17. The average molecular weight is 280 g/mol. The van der Waals surface area contributed by atoms with Crippen molar-refractivity contribution in [3.8, 4) is 0 Å². The van der Waals surface area contributed by atoms with Gasteiger partial charge in [0.25, 0.3) is 0 Å². The number of carbonyl (C=O) groups excluding carboxylic acids is 1. The van der Waals surface area contributed by atoms with Gasteiger partial charge >= 0.3 is 0 Å². The van der Waals surface area contributed by atoms with E-state index in [0.717, 1.165) is 38.9 Å². The van der Waals surface area contributed by atoms with Gasteiger partial charge in [0.15, 0.2) is 5.82 Å². The van der Waals surface area contributed by atoms with Crippen molar-refractivity contribution in [2.45, 2.75) is 39.2 Å². The van der Waals surface area contributed by atoms with Gasteiger partial charge in [-0.1, -0.05) is 12.1 Å². The number of nitrogens with zero attached hydrogens (tertiary/aromatic N) is 2. The zero-order valence-corrected chi connectivity index (χ0v) is 12.3. The molecule has 2 N–H and O–H groups in total. The van der Waals surface area contributed by atoms with E-state index in [1.165, 1.54) is 0 Å². The quantitative estimate of drug-likeness (QED) is 0.824. The Labute approximate surface area is 119 Å². The van der Waals surface area contributed by atoms with Crippen molar-refractivity contribution in [2.75, 3.05) is 31.5 Å². The molecular formula is C14H24N4O2. The second-order valence-electron chi connectivity index (χ2n) is 5.32. The fourth-order valence-corrected chi connectivity index (χ4v) is 2.64. The maximum absolute atomic E-state index is 12.1. The Morgan fingerprint density at radius 3 is 2.90 bits per heavy atom. The molecule has 0 radical (unpaired) electrons. The Bertz CT molecular complexity index is 427. The zero-order chi connectivity index (χ0) is 14.4. The van der Waals surface area contributed by atoms with E-state index in [4.69, 9.17) is 4.52 Å². The lowest BCUT2D eigenvalue weighted by Crippen LogP contribution is -2.46. The minimum atomic E-state index is -0.0229. The third-order valence-corrected chi connectivity index (χ3v) is 3.58. The van der Waals surface area contributed by atoms with Gasteiger partial charge in [0, 0.05) is 12.1 Å². The van der Waals surface area contributed by atoms with Crippen LogP contribution in [0, 0.1) is 6.92 Å². The number of hydrogen-bond acceptors (Lipinski definition) is 5. The smallest absolute Gasteiger partial charge is 0.239 e. The maximum atomic E-state index is 12.1. The fourth-order valence-electron chi connectivity index (χ4n) is 2.64. The van der Waals surface area contributed by atoms with Crippen LogP contribution in [0.3, 0.4) is 0 Å². The summed E-state index contributed by atoms with van der Waals surface area (Å²) in [5, 5.41) is 9.93. The van der Waals surface area contributed by atoms with Crippen molar-refractivity contribution in [3.63, 3.8) is 0 Å². The summed E-state index contributed by atoms with van der Waals surface area (Å²) in [7, 11) is 0. The zero-order valence-electron chi connectivity index (χ0n) is 12.3. The first-order valence-corrected chi connectivity index (χ1v) is 7.37. The number of anilines is 1. The second-order valence-corrected chi connectivity index (χ2v) is 5.32. The lowest BCUT2D eigenvalue weighted by molar-refractivity contribution is -0.118. The van der Waals surface area contributed by atoms with E-state index < -0.39 is 0 Å². The van der Waals surface area contributed by atoms with Crippen molar-refractivity contribution in [2.24, 2.45) is 0 Å². The second kappa shape index (κ2) is 7.40. The van der Waals surface area contributed by atoms with E-state index in [9.17, 15) is 4.79 Å². The molecule has 112 valence electrons. The number of aryl methyl sites for hydroxylation is 1. The number of hydrogen-bond donors (Lipinski definition) is 2. The van der Waals surface area contributed by atoms with Crippen LogP contribution in [0.1, 0.15) is 31.9 Å². The lowest BCUT2D eigenvalue weighted by atomic mass is 10.0. The Balaban J connectivity index is 1.87. The topological polar surface area (TPSA) is 70.4 Å². The predicted octanol–water partition coefficient (Wildman–Crippen LogP) is 1.39. The number of nitrogens with one attached hydrogen (secondary N) is 2. The minimum Gasteiger partial charge on any atom is -0.360 e. The average Bonchev–Trinajstić information content (AvgIpc) is 2.84. The molecule has 0 spiro atoms. The SMILES string of the molecule is CCCN(CC(=O)Nc1cc(C)on1)C1CCNCC1. The third-order valence-electron chi connectivity index (χ3n) is 3.58. The molecule has 1 fully saturated rings. The van der Waals surface area contributed by atoms with Crippen LogP contribution in [0.25, 0.3) is 0 Å². The molecule has 0 unspecified atom stereocenters. The molecule has 6 heteroatoms. The molecule has 1 aromatic heterocycles. The van der Waals surface area contributed by atoms with Gasteiger partial charge in [0.2, 0.25) is 5.91 Å². The highest BCUT2D eigenvalue weighted by Gasteiger charge is 2.22. The normalized spacial score (nSPS) is 16.6. The summed E-state index contributed by atoms with van der Waals surface area (Å²) in [4.78, 5) is 14.4. The van der Waals surface area contributed by atoms with E-state index >= 15 is 0 Å². The molecule has 0 aromatic carbocycles. The van der Waals surface area contributed by atoms with Crippen LogP contribution in [0.5, 0.6) is 0 Å². The largest absolute Gasteiger partial charge is 0.360 e. The summed E-state index contributed by atoms with van der Waals surface area (Å²) >= 11 is 0. The molecule has 1 aliphatic heterocycles. The molecule has 1 amide bonds. The van der Waals surface area contributed by atoms with Gasteiger partial charge in [-0.15, -0.1) is 0 Å². The number of aromatic nitrogens is 1. The van der Waals surface area contributed by atoms with Crippen molar-refractivity contribution >= 4 is 11.7 Å². The number of amides is 1. The van der Waals surface area contributed by atoms with E-state index in [1.54, 1.807) is 13.0 Å². The van der Waals surface area contributed by atoms with Crippen LogP contribution in [-0.4, -0.2) is 48.2 Å². The maximum Gasteiger partial charge on any atom is 0.239 e. The molecule has 0 saturated carbocycles. The van der Waals surface area contributed by atoms with E-state index in [2.05, 4.69) is 27.6 Å². The van der Waals surface area contributed by atoms with Crippen molar-refractivity contribution in [1.82, 2.24) is 15.4 Å². The van der Waals surface area contributed by atoms with Crippen LogP contribution in [-0.2, 0) is 4.79 Å². The Morgan fingerprint density at radius 2 is 2.30 bits per heavy atom. The highest BCUT2D eigenvalue weighted by Crippen LogP contribution is 2.13. The van der Waals surface area contributed by atoms with Crippen LogP contribution in [0.15, 0.2) is 10.6 Å². The fraction of sp³-hybridized carbons (Fsp3) is 0.714. The molecule has 2 rings (SSSR count). The van der Waals surface area contributed by atoms with Crippen LogP contribution < -0.4 is 10.6 Å². The van der Waals surface area contributed by atoms with Crippen molar-refractivity contribution in [3.05, 3.63) is 11.8 Å². The summed E-state index contributed by atoms with van der Waals surface area (Å²) in [6.07, 6.45) is 3.27. The van der Waals surface area contributed by atoms with Crippen LogP contribution in [0.4, 0.5) is 5.82 Å². The summed E-state index contributed by atoms with van der Waals surface area (Å²) < 4.78 is 4.95. The molecular weight excluding hydrogens is 256 g/mol. The molecule has 20 heavy (non-hydrogen) atoms. The highest BCUT2D eigenvalue weighted by molar-refractivity contribution is 5.91. The molecule has 6 nitrogen and oxygen atoms in total. The molecule has 0 atom stereocenters. The third kappa shape index (κ3) is 4.31. The minimum absolute atomic E-state index is 0.0229. The molecule has 0 aliphatic carbocycles. The van der Waals surface area contributed by atoms with Gasteiger partial charge in [0.1, 0.15) is 5.76 Å². The Hall–Kier alpha value is -1.40. The van der Waals surface area contributed by atoms with E-state index in [1.807, 2.05) is 0 Å². The van der Waals surface area contributed by atoms with E-state index in [-0.39, 0.29) is 5.91 Å². The summed E-state index contributed by atoms with van der Waals surface area (Å²) in [5.41, 5.74) is 0. The predicted molar refractivity (Wildman–Crippen MR) is 77.6 cm³/mol. The lowest BCUT2D eigenvalue weighted by Gasteiger charge is -2.33. The molecule has 1 aliphatic rings. The van der Waals surface area contributed by atoms with Gasteiger partial charge in [-0.05, 0) is 45.8 Å². The number of carbonyl (C=O) groups is 1. The first-order valence-electron chi connectivity index (χ1n) is 7.37. The summed E-state index contributed by atoms with van der Waals surface area (Å²) in [6, 6.07) is 2.23. The van der Waals surface area contributed by atoms with Crippen LogP contribution >= 0.6 is 0 Å². The molecule has 0 bridgehead atoms. The van der Waals surface area contributed by atoms with Crippen LogP contribution in [0.2, 0.25) is 0 Å². The van der Waals surface area contributed by atoms with Gasteiger partial charge in [0.05, 0.1) is 6.54 Å².